The van der Waals surface area contributed by atoms with Crippen LogP contribution in [0.15, 0.2) is 65.8 Å². The van der Waals surface area contributed by atoms with Crippen molar-refractivity contribution < 1.29 is 23.5 Å². The summed E-state index contributed by atoms with van der Waals surface area (Å²) in [5.41, 5.74) is 3.37. The third-order valence-electron chi connectivity index (χ3n) is 4.27. The number of para-hydroxylation sites is 1. The van der Waals surface area contributed by atoms with Gasteiger partial charge in [0.1, 0.15) is 12.4 Å². The average Bonchev–Trinajstić information content (AvgIpc) is 2.81. The van der Waals surface area contributed by atoms with Crippen LogP contribution in [0.1, 0.15) is 11.1 Å². The fraction of sp³-hybridized carbons (Fsp3) is 0.0870. The summed E-state index contributed by atoms with van der Waals surface area (Å²) in [6.45, 7) is 0.244. The predicted octanol–water partition coefficient (Wildman–Crippen LogP) is 4.81. The van der Waals surface area contributed by atoms with Crippen LogP contribution in [-0.2, 0) is 16.2 Å². The quantitative estimate of drug-likeness (QED) is 0.283. The molecule has 0 aromatic heterocycles. The van der Waals surface area contributed by atoms with Crippen molar-refractivity contribution in [2.24, 2.45) is 5.10 Å². The van der Waals surface area contributed by atoms with Gasteiger partial charge in [-0.25, -0.2) is 9.82 Å². The molecule has 0 saturated heterocycles. The molecule has 10 heteroatoms. The summed E-state index contributed by atoms with van der Waals surface area (Å²) < 4.78 is 24.7. The number of ether oxygens (including phenoxy) is 2. The molecule has 0 bridgehead atoms. The molecular weight excluding hydrogens is 472 g/mol. The highest BCUT2D eigenvalue weighted by molar-refractivity contribution is 6.42. The molecule has 170 valence electrons. The molecule has 0 unspecified atom stereocenters. The minimum absolute atomic E-state index is 0.108. The molecule has 2 N–H and O–H groups in total. The molecule has 0 aliphatic carbocycles. The maximum absolute atomic E-state index is 13.6. The number of methoxy groups -OCH3 is 1. The Morgan fingerprint density at radius 2 is 1.79 bits per heavy atom. The number of nitrogens with zero attached hydrogens (tertiary/aromatic N) is 1. The SMILES string of the molecule is COc1cc(/C=N\NC(=O)C(=O)Nc2ccccc2F)ccc1OCc1ccc(Cl)c(Cl)c1. The molecule has 0 fully saturated rings. The van der Waals surface area contributed by atoms with Gasteiger partial charge in [-0.15, -0.1) is 0 Å². The molecule has 0 saturated carbocycles. The zero-order valence-corrected chi connectivity index (χ0v) is 18.8. The largest absolute Gasteiger partial charge is 0.493 e. The van der Waals surface area contributed by atoms with Gasteiger partial charge in [0.25, 0.3) is 0 Å². The van der Waals surface area contributed by atoms with E-state index in [9.17, 15) is 14.0 Å². The molecule has 2 amide bonds. The Balaban J connectivity index is 1.58. The van der Waals surface area contributed by atoms with Crippen molar-refractivity contribution in [1.82, 2.24) is 5.43 Å². The van der Waals surface area contributed by atoms with E-state index in [1.54, 1.807) is 36.4 Å². The maximum Gasteiger partial charge on any atom is 0.329 e. The van der Waals surface area contributed by atoms with Gasteiger partial charge in [0.15, 0.2) is 11.5 Å². The van der Waals surface area contributed by atoms with Gasteiger partial charge in [-0.05, 0) is 53.6 Å². The van der Waals surface area contributed by atoms with Crippen molar-refractivity contribution in [3.63, 3.8) is 0 Å². The normalized spacial score (nSPS) is 10.7. The number of halogens is 3. The Hall–Kier alpha value is -3.62. The summed E-state index contributed by atoms with van der Waals surface area (Å²) in [6.07, 6.45) is 1.32. The number of amides is 2. The van der Waals surface area contributed by atoms with Crippen LogP contribution in [0, 0.1) is 5.82 Å². The number of nitrogens with one attached hydrogen (secondary N) is 2. The Labute approximate surface area is 199 Å². The van der Waals surface area contributed by atoms with Crippen molar-refractivity contribution in [1.29, 1.82) is 0 Å². The minimum atomic E-state index is -1.05. The summed E-state index contributed by atoms with van der Waals surface area (Å²) >= 11 is 11.9. The topological polar surface area (TPSA) is 89.0 Å². The van der Waals surface area contributed by atoms with E-state index in [0.717, 1.165) is 11.6 Å². The monoisotopic (exact) mass is 489 g/mol. The van der Waals surface area contributed by atoms with Gasteiger partial charge >= 0.3 is 11.8 Å². The van der Waals surface area contributed by atoms with Gasteiger partial charge < -0.3 is 14.8 Å². The van der Waals surface area contributed by atoms with Crippen LogP contribution in [0.5, 0.6) is 11.5 Å². The van der Waals surface area contributed by atoms with Gasteiger partial charge in [0.05, 0.1) is 29.1 Å². The lowest BCUT2D eigenvalue weighted by molar-refractivity contribution is -0.136. The van der Waals surface area contributed by atoms with E-state index in [4.69, 9.17) is 32.7 Å². The average molecular weight is 490 g/mol. The van der Waals surface area contributed by atoms with Crippen LogP contribution >= 0.6 is 23.2 Å². The lowest BCUT2D eigenvalue weighted by atomic mass is 10.2. The summed E-state index contributed by atoms with van der Waals surface area (Å²) in [5, 5.41) is 6.80. The zero-order chi connectivity index (χ0) is 23.8. The number of carbonyl (C=O) groups excluding carboxylic acids is 2. The van der Waals surface area contributed by atoms with Crippen LogP contribution in [-0.4, -0.2) is 25.1 Å². The number of rotatable bonds is 7. The summed E-state index contributed by atoms with van der Waals surface area (Å²) in [7, 11) is 1.48. The molecule has 0 spiro atoms. The summed E-state index contributed by atoms with van der Waals surface area (Å²) in [6, 6.07) is 15.7. The van der Waals surface area contributed by atoms with Crippen molar-refractivity contribution in [2.75, 3.05) is 12.4 Å². The van der Waals surface area contributed by atoms with E-state index < -0.39 is 17.6 Å². The van der Waals surface area contributed by atoms with Crippen molar-refractivity contribution >= 4 is 46.9 Å². The molecule has 0 atom stereocenters. The van der Waals surface area contributed by atoms with Crippen LogP contribution in [0.25, 0.3) is 0 Å². The van der Waals surface area contributed by atoms with E-state index >= 15 is 0 Å². The van der Waals surface area contributed by atoms with Crippen LogP contribution in [0.3, 0.4) is 0 Å². The number of hydrogen-bond acceptors (Lipinski definition) is 5. The Kier molecular flexibility index (Phi) is 8.23. The Morgan fingerprint density at radius 3 is 2.52 bits per heavy atom. The smallest absolute Gasteiger partial charge is 0.329 e. The van der Waals surface area contributed by atoms with Gasteiger partial charge in [-0.2, -0.15) is 5.10 Å². The molecule has 3 rings (SSSR count). The fourth-order valence-corrected chi connectivity index (χ4v) is 2.95. The van der Waals surface area contributed by atoms with Crippen molar-refractivity contribution in [3.8, 4) is 11.5 Å². The third kappa shape index (κ3) is 6.68. The van der Waals surface area contributed by atoms with Crippen LogP contribution in [0.2, 0.25) is 10.0 Å². The zero-order valence-electron chi connectivity index (χ0n) is 17.3. The van der Waals surface area contributed by atoms with Crippen molar-refractivity contribution in [2.45, 2.75) is 6.61 Å². The molecule has 0 aliphatic rings. The van der Waals surface area contributed by atoms with E-state index in [1.165, 1.54) is 31.5 Å². The number of hydrazone groups is 1. The molecule has 7 nitrogen and oxygen atoms in total. The van der Waals surface area contributed by atoms with Gasteiger partial charge in [0.2, 0.25) is 0 Å². The van der Waals surface area contributed by atoms with Crippen LogP contribution in [0.4, 0.5) is 10.1 Å². The lowest BCUT2D eigenvalue weighted by Crippen LogP contribution is -2.32. The second-order valence-corrected chi connectivity index (χ2v) is 7.39. The molecule has 0 heterocycles. The number of hydrogen-bond donors (Lipinski definition) is 2. The first-order valence-corrected chi connectivity index (χ1v) is 10.3. The summed E-state index contributed by atoms with van der Waals surface area (Å²) in [5.74, 6) is -1.85. The van der Waals surface area contributed by atoms with E-state index in [2.05, 4.69) is 15.8 Å². The third-order valence-corrected chi connectivity index (χ3v) is 5.01. The fourth-order valence-electron chi connectivity index (χ4n) is 2.63. The standard InChI is InChI=1S/C23H18Cl2FN3O4/c1-32-21-11-14(7-9-20(21)33-13-15-6-8-16(24)17(25)10-15)12-27-29-23(31)22(30)28-19-5-3-2-4-18(19)26/h2-12H,13H2,1H3,(H,28,30)(H,29,31)/b27-12-. The Morgan fingerprint density at radius 1 is 1.00 bits per heavy atom. The highest BCUT2D eigenvalue weighted by atomic mass is 35.5. The molecule has 3 aromatic rings. The first-order valence-electron chi connectivity index (χ1n) is 9.51. The second kappa shape index (κ2) is 11.3. The van der Waals surface area contributed by atoms with Gasteiger partial charge in [-0.1, -0.05) is 41.4 Å². The highest BCUT2D eigenvalue weighted by Gasteiger charge is 2.14. The lowest BCUT2D eigenvalue weighted by Gasteiger charge is -2.11. The van der Waals surface area contributed by atoms with E-state index in [-0.39, 0.29) is 12.3 Å². The van der Waals surface area contributed by atoms with Gasteiger partial charge in [-0.3, -0.25) is 9.59 Å². The maximum atomic E-state index is 13.6. The predicted molar refractivity (Wildman–Crippen MR) is 125 cm³/mol. The minimum Gasteiger partial charge on any atom is -0.493 e. The molecular formula is C23H18Cl2FN3O4. The number of carbonyl (C=O) groups is 2. The molecule has 0 radical (unpaired) electrons. The second-order valence-electron chi connectivity index (χ2n) is 6.58. The number of anilines is 1. The summed E-state index contributed by atoms with van der Waals surface area (Å²) in [4.78, 5) is 23.7. The van der Waals surface area contributed by atoms with Crippen LogP contribution < -0.4 is 20.2 Å². The Bertz CT molecular complexity index is 1200. The molecule has 3 aromatic carbocycles. The molecule has 33 heavy (non-hydrogen) atoms. The number of benzene rings is 3. The first-order chi connectivity index (χ1) is 15.9. The van der Waals surface area contributed by atoms with E-state index in [0.29, 0.717) is 27.1 Å². The highest BCUT2D eigenvalue weighted by Crippen LogP contribution is 2.29. The van der Waals surface area contributed by atoms with E-state index in [1.807, 2.05) is 0 Å². The molecule has 0 aliphatic heterocycles. The first kappa shape index (κ1) is 24.0. The van der Waals surface area contributed by atoms with Gasteiger partial charge in [0, 0.05) is 0 Å². The van der Waals surface area contributed by atoms with Crippen molar-refractivity contribution in [3.05, 3.63) is 87.7 Å².